The molecule has 0 aromatic carbocycles. The molecule has 1 saturated carbocycles. The Morgan fingerprint density at radius 2 is 1.79 bits per heavy atom. The monoisotopic (exact) mass is 270 g/mol. The highest BCUT2D eigenvalue weighted by Gasteiger charge is 2.38. The van der Waals surface area contributed by atoms with Gasteiger partial charge in [0.2, 0.25) is 0 Å². The molecule has 5 nitrogen and oxygen atoms in total. The molecule has 0 aromatic heterocycles. The van der Waals surface area contributed by atoms with Crippen LogP contribution in [0.2, 0.25) is 0 Å². The zero-order valence-electron chi connectivity index (χ0n) is 12.2. The van der Waals surface area contributed by atoms with Crippen molar-refractivity contribution in [2.24, 2.45) is 5.41 Å². The second kappa shape index (κ2) is 6.26. The molecule has 1 fully saturated rings. The van der Waals surface area contributed by atoms with E-state index in [0.29, 0.717) is 19.4 Å². The van der Waals surface area contributed by atoms with Crippen molar-refractivity contribution in [1.82, 2.24) is 10.6 Å². The molecular weight excluding hydrogens is 244 g/mol. The fourth-order valence-electron chi connectivity index (χ4n) is 2.64. The van der Waals surface area contributed by atoms with Gasteiger partial charge in [0.15, 0.2) is 0 Å². The van der Waals surface area contributed by atoms with Crippen molar-refractivity contribution in [2.45, 2.75) is 64.8 Å². The van der Waals surface area contributed by atoms with E-state index in [-0.39, 0.29) is 11.4 Å². The number of hydrogen-bond acceptors (Lipinski definition) is 2. The van der Waals surface area contributed by atoms with E-state index >= 15 is 0 Å². The van der Waals surface area contributed by atoms with Crippen LogP contribution in [0.5, 0.6) is 0 Å². The number of urea groups is 1. The Hall–Kier alpha value is -1.26. The second-order valence-corrected chi connectivity index (χ2v) is 5.61. The quantitative estimate of drug-likeness (QED) is 0.665. The topological polar surface area (TPSA) is 78.4 Å². The summed E-state index contributed by atoms with van der Waals surface area (Å²) < 4.78 is 0. The highest BCUT2D eigenvalue weighted by atomic mass is 16.4. The van der Waals surface area contributed by atoms with Gasteiger partial charge < -0.3 is 15.7 Å². The van der Waals surface area contributed by atoms with Crippen LogP contribution in [-0.2, 0) is 4.79 Å². The van der Waals surface area contributed by atoms with Gasteiger partial charge in [0.25, 0.3) is 0 Å². The summed E-state index contributed by atoms with van der Waals surface area (Å²) in [5.74, 6) is -0.971. The van der Waals surface area contributed by atoms with Crippen molar-refractivity contribution in [3.8, 4) is 0 Å². The van der Waals surface area contributed by atoms with E-state index in [9.17, 15) is 14.7 Å². The van der Waals surface area contributed by atoms with E-state index < -0.39 is 11.5 Å². The largest absolute Gasteiger partial charge is 0.480 e. The highest BCUT2D eigenvalue weighted by molar-refractivity contribution is 5.86. The first kappa shape index (κ1) is 15.8. The molecule has 0 bridgehead atoms. The molecule has 1 aliphatic rings. The number of rotatable bonds is 7. The van der Waals surface area contributed by atoms with Gasteiger partial charge in [-0.05, 0) is 37.5 Å². The molecule has 0 heterocycles. The number of aliphatic carboxylic acids is 1. The van der Waals surface area contributed by atoms with E-state index in [1.807, 2.05) is 0 Å². The number of amides is 2. The minimum atomic E-state index is -1.15. The van der Waals surface area contributed by atoms with Gasteiger partial charge in [0.1, 0.15) is 5.54 Å². The Labute approximate surface area is 115 Å². The Bertz CT molecular complexity index is 328. The van der Waals surface area contributed by atoms with Crippen LogP contribution in [0.4, 0.5) is 4.79 Å². The molecule has 0 saturated heterocycles. The predicted octanol–water partition coefficient (Wildman–Crippen LogP) is 2.51. The number of hydrogen-bond donors (Lipinski definition) is 3. The molecule has 0 radical (unpaired) electrons. The van der Waals surface area contributed by atoms with Crippen LogP contribution in [0.25, 0.3) is 0 Å². The van der Waals surface area contributed by atoms with Gasteiger partial charge in [-0.2, -0.15) is 0 Å². The normalized spacial score (nSPS) is 17.4. The van der Waals surface area contributed by atoms with Gasteiger partial charge in [0.05, 0.1) is 0 Å². The minimum Gasteiger partial charge on any atom is -0.480 e. The zero-order valence-corrected chi connectivity index (χ0v) is 12.2. The molecule has 5 heteroatoms. The van der Waals surface area contributed by atoms with E-state index in [2.05, 4.69) is 17.6 Å². The second-order valence-electron chi connectivity index (χ2n) is 5.61. The van der Waals surface area contributed by atoms with Crippen molar-refractivity contribution in [3.63, 3.8) is 0 Å². The Kier molecular flexibility index (Phi) is 5.20. The maximum atomic E-state index is 11.9. The lowest BCUT2D eigenvalue weighted by molar-refractivity contribution is -0.144. The zero-order chi connectivity index (χ0) is 14.5. The summed E-state index contributed by atoms with van der Waals surface area (Å²) in [6.07, 6.45) is 5.33. The van der Waals surface area contributed by atoms with Crippen LogP contribution >= 0.6 is 0 Å². The van der Waals surface area contributed by atoms with Gasteiger partial charge in [-0.25, -0.2) is 9.59 Å². The Balaban J connectivity index is 2.51. The van der Waals surface area contributed by atoms with E-state index in [1.165, 1.54) is 6.42 Å². The summed E-state index contributed by atoms with van der Waals surface area (Å²) in [6, 6.07) is -0.370. The molecule has 0 spiro atoms. The molecule has 110 valence electrons. The first-order chi connectivity index (χ1) is 8.93. The molecule has 0 unspecified atom stereocenters. The standard InChI is InChI=1S/C14H26N2O3/c1-4-13(8-7-9-13)10-15-12(19)16-14(5-2,6-3)11(17)18/h4-10H2,1-3H3,(H,17,18)(H2,15,16,19). The van der Waals surface area contributed by atoms with Gasteiger partial charge in [-0.3, -0.25) is 0 Å². The Morgan fingerprint density at radius 3 is 2.11 bits per heavy atom. The number of carboxylic acids is 1. The summed E-state index contributed by atoms with van der Waals surface area (Å²) >= 11 is 0. The van der Waals surface area contributed by atoms with Crippen molar-refractivity contribution in [1.29, 1.82) is 0 Å². The molecule has 0 atom stereocenters. The van der Waals surface area contributed by atoms with E-state index in [1.54, 1.807) is 13.8 Å². The molecule has 0 aromatic rings. The summed E-state index contributed by atoms with van der Waals surface area (Å²) in [5, 5.41) is 14.7. The van der Waals surface area contributed by atoms with Crippen LogP contribution in [0.15, 0.2) is 0 Å². The number of carbonyl (C=O) groups excluding carboxylic acids is 1. The van der Waals surface area contributed by atoms with E-state index in [4.69, 9.17) is 0 Å². The number of carboxylic acid groups (broad SMARTS) is 1. The Morgan fingerprint density at radius 1 is 1.21 bits per heavy atom. The van der Waals surface area contributed by atoms with E-state index in [0.717, 1.165) is 19.3 Å². The van der Waals surface area contributed by atoms with Crippen LogP contribution in [0.1, 0.15) is 59.3 Å². The fraction of sp³-hybridized carbons (Fsp3) is 0.857. The van der Waals surface area contributed by atoms with Crippen LogP contribution in [0, 0.1) is 5.41 Å². The number of nitrogens with one attached hydrogen (secondary N) is 2. The maximum absolute atomic E-state index is 11.9. The minimum absolute atomic E-state index is 0.238. The molecule has 19 heavy (non-hydrogen) atoms. The maximum Gasteiger partial charge on any atom is 0.329 e. The lowest BCUT2D eigenvalue weighted by Crippen LogP contribution is -2.57. The average molecular weight is 270 g/mol. The van der Waals surface area contributed by atoms with Crippen LogP contribution in [0.3, 0.4) is 0 Å². The highest BCUT2D eigenvalue weighted by Crippen LogP contribution is 2.42. The summed E-state index contributed by atoms with van der Waals surface area (Å²) in [6.45, 7) is 6.32. The molecule has 1 rings (SSSR count). The summed E-state index contributed by atoms with van der Waals surface area (Å²) in [5.41, 5.74) is -0.912. The van der Waals surface area contributed by atoms with Crippen molar-refractivity contribution in [2.75, 3.05) is 6.54 Å². The van der Waals surface area contributed by atoms with Gasteiger partial charge in [-0.15, -0.1) is 0 Å². The van der Waals surface area contributed by atoms with Crippen molar-refractivity contribution >= 4 is 12.0 Å². The predicted molar refractivity (Wildman–Crippen MR) is 74.1 cm³/mol. The first-order valence-corrected chi connectivity index (χ1v) is 7.23. The first-order valence-electron chi connectivity index (χ1n) is 7.23. The third-order valence-corrected chi connectivity index (χ3v) is 4.76. The number of carbonyl (C=O) groups is 2. The molecule has 0 aliphatic heterocycles. The van der Waals surface area contributed by atoms with Crippen LogP contribution < -0.4 is 10.6 Å². The summed E-state index contributed by atoms with van der Waals surface area (Å²) in [4.78, 5) is 23.2. The summed E-state index contributed by atoms with van der Waals surface area (Å²) in [7, 11) is 0. The molecular formula is C14H26N2O3. The fourth-order valence-corrected chi connectivity index (χ4v) is 2.64. The molecule has 3 N–H and O–H groups in total. The average Bonchev–Trinajstić information content (AvgIpc) is 2.35. The lowest BCUT2D eigenvalue weighted by atomic mass is 9.67. The smallest absolute Gasteiger partial charge is 0.329 e. The van der Waals surface area contributed by atoms with Crippen molar-refractivity contribution < 1.29 is 14.7 Å². The van der Waals surface area contributed by atoms with Gasteiger partial charge in [0, 0.05) is 6.54 Å². The van der Waals surface area contributed by atoms with Crippen LogP contribution in [-0.4, -0.2) is 29.2 Å². The van der Waals surface area contributed by atoms with Gasteiger partial charge >= 0.3 is 12.0 Å². The third kappa shape index (κ3) is 3.39. The van der Waals surface area contributed by atoms with Gasteiger partial charge in [-0.1, -0.05) is 27.2 Å². The lowest BCUT2D eigenvalue weighted by Gasteiger charge is -2.41. The molecule has 2 amide bonds. The molecule has 1 aliphatic carbocycles. The third-order valence-electron chi connectivity index (χ3n) is 4.76. The van der Waals surface area contributed by atoms with Crippen molar-refractivity contribution in [3.05, 3.63) is 0 Å². The SMILES string of the molecule is CCC1(CNC(=O)NC(CC)(CC)C(=O)O)CCC1.